The standard InChI is InChI=1S/C9H14N2O2S2/c1-4-14-9-6(13-3)5(10)7(15-9)8(12)11-2/h4,10H2,1-3H3,(H,11,12). The normalized spacial score (nSPS) is 10.1. The molecular weight excluding hydrogens is 232 g/mol. The van der Waals surface area contributed by atoms with Crippen molar-refractivity contribution in [2.45, 2.75) is 11.1 Å². The Kier molecular flexibility index (Phi) is 4.28. The summed E-state index contributed by atoms with van der Waals surface area (Å²) in [7, 11) is 3.15. The molecule has 1 rings (SSSR count). The Bertz CT molecular complexity index is 363. The Morgan fingerprint density at radius 3 is 2.80 bits per heavy atom. The molecule has 0 aromatic carbocycles. The number of amides is 1. The maximum Gasteiger partial charge on any atom is 0.263 e. The monoisotopic (exact) mass is 246 g/mol. The van der Waals surface area contributed by atoms with Crippen LogP contribution in [0.15, 0.2) is 4.21 Å². The Hall–Kier alpha value is -0.880. The van der Waals surface area contributed by atoms with E-state index in [1.54, 1.807) is 25.9 Å². The first-order valence-corrected chi connectivity index (χ1v) is 6.27. The summed E-state index contributed by atoms with van der Waals surface area (Å²) in [5, 5.41) is 2.56. The van der Waals surface area contributed by atoms with Gasteiger partial charge in [0, 0.05) is 7.05 Å². The molecule has 1 aromatic heterocycles. The number of hydrogen-bond acceptors (Lipinski definition) is 5. The number of hydrogen-bond donors (Lipinski definition) is 2. The van der Waals surface area contributed by atoms with Gasteiger partial charge < -0.3 is 15.8 Å². The van der Waals surface area contributed by atoms with Gasteiger partial charge in [-0.25, -0.2) is 0 Å². The highest BCUT2D eigenvalue weighted by Gasteiger charge is 2.20. The average molecular weight is 246 g/mol. The largest absolute Gasteiger partial charge is 0.492 e. The molecule has 0 atom stereocenters. The van der Waals surface area contributed by atoms with E-state index in [2.05, 4.69) is 5.32 Å². The predicted molar refractivity (Wildman–Crippen MR) is 65.1 cm³/mol. The maximum atomic E-state index is 11.5. The van der Waals surface area contributed by atoms with Crippen molar-refractivity contribution in [2.24, 2.45) is 0 Å². The molecule has 0 radical (unpaired) electrons. The zero-order valence-corrected chi connectivity index (χ0v) is 10.6. The van der Waals surface area contributed by atoms with E-state index in [9.17, 15) is 4.79 Å². The van der Waals surface area contributed by atoms with Crippen molar-refractivity contribution in [3.05, 3.63) is 4.88 Å². The molecule has 15 heavy (non-hydrogen) atoms. The molecule has 0 bridgehead atoms. The second-order valence-electron chi connectivity index (χ2n) is 2.68. The summed E-state index contributed by atoms with van der Waals surface area (Å²) in [5.74, 6) is 1.37. The SMILES string of the molecule is CCSc1sc(C(=O)NC)c(N)c1OC. The highest BCUT2D eigenvalue weighted by molar-refractivity contribution is 8.01. The molecule has 1 aromatic rings. The van der Waals surface area contributed by atoms with Crippen LogP contribution in [0.3, 0.4) is 0 Å². The fourth-order valence-corrected chi connectivity index (χ4v) is 3.40. The van der Waals surface area contributed by atoms with Gasteiger partial charge in [-0.3, -0.25) is 4.79 Å². The number of carbonyl (C=O) groups is 1. The molecule has 0 aliphatic carbocycles. The van der Waals surface area contributed by atoms with Gasteiger partial charge in [0.15, 0.2) is 5.75 Å². The maximum absolute atomic E-state index is 11.5. The summed E-state index contributed by atoms with van der Waals surface area (Å²) in [6.07, 6.45) is 0. The number of nitrogen functional groups attached to an aromatic ring is 1. The number of thioether (sulfide) groups is 1. The van der Waals surface area contributed by atoms with Crippen molar-refractivity contribution in [3.63, 3.8) is 0 Å². The minimum atomic E-state index is -0.168. The molecule has 1 heterocycles. The summed E-state index contributed by atoms with van der Waals surface area (Å²) in [5.41, 5.74) is 6.26. The second kappa shape index (κ2) is 5.27. The van der Waals surface area contributed by atoms with Gasteiger partial charge in [0.1, 0.15) is 9.09 Å². The lowest BCUT2D eigenvalue weighted by atomic mass is 10.3. The Labute approximate surface area is 97.2 Å². The molecule has 84 valence electrons. The van der Waals surface area contributed by atoms with Crippen molar-refractivity contribution >= 4 is 34.7 Å². The lowest BCUT2D eigenvalue weighted by Gasteiger charge is -2.01. The van der Waals surface area contributed by atoms with E-state index in [-0.39, 0.29) is 5.91 Å². The first-order chi connectivity index (χ1) is 7.15. The molecule has 0 saturated carbocycles. The molecule has 0 spiro atoms. The number of nitrogens with two attached hydrogens (primary N) is 1. The third kappa shape index (κ3) is 2.38. The second-order valence-corrected chi connectivity index (χ2v) is 5.23. The fourth-order valence-electron chi connectivity index (χ4n) is 1.11. The first kappa shape index (κ1) is 12.2. The van der Waals surface area contributed by atoms with Crippen molar-refractivity contribution in [1.82, 2.24) is 5.32 Å². The quantitative estimate of drug-likeness (QED) is 0.795. The molecule has 0 fully saturated rings. The van der Waals surface area contributed by atoms with Crippen LogP contribution >= 0.6 is 23.1 Å². The molecule has 4 nitrogen and oxygen atoms in total. The molecule has 0 aliphatic heterocycles. The smallest absolute Gasteiger partial charge is 0.263 e. The molecule has 0 aliphatic rings. The topological polar surface area (TPSA) is 64.4 Å². The Morgan fingerprint density at radius 1 is 1.67 bits per heavy atom. The van der Waals surface area contributed by atoms with E-state index in [1.165, 1.54) is 11.3 Å². The minimum absolute atomic E-state index is 0.168. The van der Waals surface area contributed by atoms with Crippen LogP contribution in [0.5, 0.6) is 5.75 Å². The average Bonchev–Trinajstić information content (AvgIpc) is 2.55. The summed E-state index contributed by atoms with van der Waals surface area (Å²) in [6.45, 7) is 2.04. The number of thiophene rings is 1. The third-order valence-corrected chi connectivity index (χ3v) is 4.10. The van der Waals surface area contributed by atoms with E-state index in [0.717, 1.165) is 9.96 Å². The predicted octanol–water partition coefficient (Wildman–Crippen LogP) is 1.81. The summed E-state index contributed by atoms with van der Waals surface area (Å²) < 4.78 is 6.14. The molecule has 1 amide bonds. The van der Waals surface area contributed by atoms with Crippen LogP contribution in [0.2, 0.25) is 0 Å². The van der Waals surface area contributed by atoms with Gasteiger partial charge in [-0.1, -0.05) is 6.92 Å². The van der Waals surface area contributed by atoms with Crippen LogP contribution in [0.1, 0.15) is 16.6 Å². The van der Waals surface area contributed by atoms with Crippen LogP contribution in [-0.4, -0.2) is 25.8 Å². The van der Waals surface area contributed by atoms with Crippen LogP contribution < -0.4 is 15.8 Å². The number of methoxy groups -OCH3 is 1. The van der Waals surface area contributed by atoms with Crippen LogP contribution in [0, 0.1) is 0 Å². The highest BCUT2D eigenvalue weighted by atomic mass is 32.2. The van der Waals surface area contributed by atoms with Gasteiger partial charge in [0.2, 0.25) is 0 Å². The molecular formula is C9H14N2O2S2. The van der Waals surface area contributed by atoms with Crippen molar-refractivity contribution in [3.8, 4) is 5.75 Å². The number of anilines is 1. The number of rotatable bonds is 4. The zero-order chi connectivity index (χ0) is 11.4. The summed E-state index contributed by atoms with van der Waals surface area (Å²) in [6, 6.07) is 0. The lowest BCUT2D eigenvalue weighted by Crippen LogP contribution is -2.17. The zero-order valence-electron chi connectivity index (χ0n) is 8.92. The summed E-state index contributed by atoms with van der Waals surface area (Å²) >= 11 is 2.99. The molecule has 0 unspecified atom stereocenters. The van der Waals surface area contributed by atoms with Crippen molar-refractivity contribution in [2.75, 3.05) is 25.6 Å². The molecule has 0 saturated heterocycles. The molecule has 3 N–H and O–H groups in total. The van der Waals surface area contributed by atoms with Crippen LogP contribution in [0.25, 0.3) is 0 Å². The number of nitrogens with one attached hydrogen (secondary N) is 1. The van der Waals surface area contributed by atoms with Gasteiger partial charge in [-0.2, -0.15) is 0 Å². The van der Waals surface area contributed by atoms with E-state index >= 15 is 0 Å². The van der Waals surface area contributed by atoms with E-state index in [4.69, 9.17) is 10.5 Å². The van der Waals surface area contributed by atoms with Crippen LogP contribution in [-0.2, 0) is 0 Å². The Balaban J connectivity index is 3.14. The van der Waals surface area contributed by atoms with Gasteiger partial charge in [0.05, 0.1) is 12.8 Å². The van der Waals surface area contributed by atoms with Gasteiger partial charge in [-0.05, 0) is 5.75 Å². The van der Waals surface area contributed by atoms with Crippen molar-refractivity contribution < 1.29 is 9.53 Å². The highest BCUT2D eigenvalue weighted by Crippen LogP contribution is 2.43. The minimum Gasteiger partial charge on any atom is -0.492 e. The lowest BCUT2D eigenvalue weighted by molar-refractivity contribution is 0.0967. The number of ether oxygens (including phenoxy) is 1. The summed E-state index contributed by atoms with van der Waals surface area (Å²) in [4.78, 5) is 12.0. The van der Waals surface area contributed by atoms with Crippen LogP contribution in [0.4, 0.5) is 5.69 Å². The Morgan fingerprint density at radius 2 is 2.33 bits per heavy atom. The van der Waals surface area contributed by atoms with E-state index in [1.807, 2.05) is 6.92 Å². The third-order valence-electron chi connectivity index (χ3n) is 1.78. The van der Waals surface area contributed by atoms with E-state index in [0.29, 0.717) is 16.3 Å². The van der Waals surface area contributed by atoms with Crippen molar-refractivity contribution in [1.29, 1.82) is 0 Å². The van der Waals surface area contributed by atoms with Gasteiger partial charge in [-0.15, -0.1) is 23.1 Å². The van der Waals surface area contributed by atoms with Gasteiger partial charge >= 0.3 is 0 Å². The molecule has 6 heteroatoms. The first-order valence-electron chi connectivity index (χ1n) is 4.46. The number of carbonyl (C=O) groups excluding carboxylic acids is 1. The van der Waals surface area contributed by atoms with E-state index < -0.39 is 0 Å². The fraction of sp³-hybridized carbons (Fsp3) is 0.444. The van der Waals surface area contributed by atoms with Gasteiger partial charge in [0.25, 0.3) is 5.91 Å².